The fourth-order valence-corrected chi connectivity index (χ4v) is 5.50. The first-order valence-electron chi connectivity index (χ1n) is 11.5. The molecule has 1 N–H and O–H groups in total. The van der Waals surface area contributed by atoms with Crippen LogP contribution in [-0.2, 0) is 17.8 Å². The maximum atomic E-state index is 13.0. The number of fused-ring (bicyclic) bond motifs is 1. The molecule has 2 aromatic heterocycles. The molecule has 33 heavy (non-hydrogen) atoms. The Balaban J connectivity index is 1.26. The van der Waals surface area contributed by atoms with Crippen molar-refractivity contribution in [3.63, 3.8) is 0 Å². The molecular formula is C24H26ClN5O2S. The van der Waals surface area contributed by atoms with Gasteiger partial charge in [-0.2, -0.15) is 0 Å². The highest BCUT2D eigenvalue weighted by atomic mass is 35.5. The van der Waals surface area contributed by atoms with Crippen molar-refractivity contribution < 1.29 is 9.59 Å². The molecule has 5 rings (SSSR count). The van der Waals surface area contributed by atoms with Gasteiger partial charge in [-0.25, -0.2) is 0 Å². The van der Waals surface area contributed by atoms with Gasteiger partial charge in [0.25, 0.3) is 5.91 Å². The van der Waals surface area contributed by atoms with Gasteiger partial charge in [0.05, 0.1) is 9.90 Å². The maximum Gasteiger partial charge on any atom is 0.263 e. The molecule has 1 fully saturated rings. The van der Waals surface area contributed by atoms with Gasteiger partial charge in [-0.05, 0) is 55.3 Å². The quantitative estimate of drug-likeness (QED) is 0.573. The second-order valence-electron chi connectivity index (χ2n) is 8.63. The van der Waals surface area contributed by atoms with Crippen LogP contribution < -0.4 is 5.32 Å². The predicted molar refractivity (Wildman–Crippen MR) is 130 cm³/mol. The van der Waals surface area contributed by atoms with Crippen LogP contribution in [0.25, 0.3) is 11.4 Å². The van der Waals surface area contributed by atoms with Crippen molar-refractivity contribution in [1.82, 2.24) is 19.7 Å². The normalized spacial score (nSPS) is 16.8. The molecule has 1 aromatic carbocycles. The molecule has 2 amide bonds. The minimum Gasteiger partial charge on any atom is -0.338 e. The molecular weight excluding hydrogens is 458 g/mol. The average Bonchev–Trinajstić information content (AvgIpc) is 3.45. The molecule has 0 radical (unpaired) electrons. The van der Waals surface area contributed by atoms with Crippen molar-refractivity contribution in [1.29, 1.82) is 0 Å². The summed E-state index contributed by atoms with van der Waals surface area (Å²) in [7, 11) is 0. The lowest BCUT2D eigenvalue weighted by Crippen LogP contribution is -2.41. The third-order valence-corrected chi connectivity index (χ3v) is 7.66. The van der Waals surface area contributed by atoms with E-state index in [1.54, 1.807) is 6.07 Å². The number of amides is 2. The zero-order chi connectivity index (χ0) is 22.8. The number of hydrogen-bond donors (Lipinski definition) is 1. The molecule has 0 unspecified atom stereocenters. The van der Waals surface area contributed by atoms with Crippen molar-refractivity contribution in [2.75, 3.05) is 18.4 Å². The fourth-order valence-electron chi connectivity index (χ4n) is 4.60. The summed E-state index contributed by atoms with van der Waals surface area (Å²) in [5, 5.41) is 14.3. The second-order valence-corrected chi connectivity index (χ2v) is 9.98. The first-order chi connectivity index (χ1) is 16.1. The molecule has 0 spiro atoms. The number of rotatable bonds is 4. The van der Waals surface area contributed by atoms with Crippen molar-refractivity contribution in [3.8, 4) is 11.4 Å². The molecule has 7 nitrogen and oxygen atoms in total. The highest BCUT2D eigenvalue weighted by molar-refractivity contribution is 7.12. The maximum absolute atomic E-state index is 13.0. The molecule has 9 heteroatoms. The van der Waals surface area contributed by atoms with Gasteiger partial charge in [0.15, 0.2) is 5.82 Å². The molecule has 4 heterocycles. The highest BCUT2D eigenvalue weighted by Crippen LogP contribution is 2.32. The molecule has 2 aliphatic heterocycles. The van der Waals surface area contributed by atoms with Crippen molar-refractivity contribution in [3.05, 3.63) is 51.4 Å². The third-order valence-electron chi connectivity index (χ3n) is 6.47. The number of anilines is 1. The number of aryl methyl sites for hydroxylation is 1. The second kappa shape index (κ2) is 9.65. The van der Waals surface area contributed by atoms with E-state index >= 15 is 0 Å². The van der Waals surface area contributed by atoms with Crippen LogP contribution in [0.15, 0.2) is 35.7 Å². The van der Waals surface area contributed by atoms with Crippen LogP contribution in [0.1, 0.15) is 47.6 Å². The summed E-state index contributed by atoms with van der Waals surface area (Å²) in [5.41, 5.74) is 1.48. The number of piperidine rings is 1. The van der Waals surface area contributed by atoms with Gasteiger partial charge in [0, 0.05) is 43.2 Å². The number of carbonyl (C=O) groups is 2. The van der Waals surface area contributed by atoms with Gasteiger partial charge in [-0.1, -0.05) is 24.1 Å². The van der Waals surface area contributed by atoms with E-state index in [1.807, 2.05) is 34.5 Å². The Hall–Kier alpha value is -2.71. The van der Waals surface area contributed by atoms with E-state index in [0.29, 0.717) is 36.6 Å². The summed E-state index contributed by atoms with van der Waals surface area (Å²) in [4.78, 5) is 28.1. The van der Waals surface area contributed by atoms with Gasteiger partial charge >= 0.3 is 0 Å². The molecule has 172 valence electrons. The highest BCUT2D eigenvalue weighted by Gasteiger charge is 2.28. The fraction of sp³-hybridized carbons (Fsp3) is 0.417. The zero-order valence-electron chi connectivity index (χ0n) is 18.3. The van der Waals surface area contributed by atoms with Crippen molar-refractivity contribution >= 4 is 40.4 Å². The van der Waals surface area contributed by atoms with Gasteiger partial charge < -0.3 is 14.8 Å². The van der Waals surface area contributed by atoms with E-state index in [2.05, 4.69) is 20.1 Å². The Morgan fingerprint density at radius 2 is 1.91 bits per heavy atom. The number of nitrogens with zero attached hydrogens (tertiary/aromatic N) is 4. The van der Waals surface area contributed by atoms with Crippen LogP contribution in [-0.4, -0.2) is 44.6 Å². The summed E-state index contributed by atoms with van der Waals surface area (Å²) in [6.45, 7) is 2.06. The Morgan fingerprint density at radius 3 is 2.70 bits per heavy atom. The number of nitrogens with one attached hydrogen (secondary N) is 1. The number of carbonyl (C=O) groups excluding carboxylic acids is 2. The average molecular weight is 484 g/mol. The van der Waals surface area contributed by atoms with E-state index in [4.69, 9.17) is 11.6 Å². The Bertz CT molecular complexity index is 1150. The molecule has 1 saturated heterocycles. The number of hydrogen-bond acceptors (Lipinski definition) is 5. The van der Waals surface area contributed by atoms with E-state index in [-0.39, 0.29) is 17.7 Å². The van der Waals surface area contributed by atoms with Crippen molar-refractivity contribution in [2.24, 2.45) is 5.92 Å². The minimum atomic E-state index is -0.124. The lowest BCUT2D eigenvalue weighted by molar-refractivity contribution is -0.121. The van der Waals surface area contributed by atoms with Crippen molar-refractivity contribution in [2.45, 2.75) is 45.1 Å². The molecule has 0 atom stereocenters. The molecule has 0 bridgehead atoms. The molecule has 2 aliphatic rings. The summed E-state index contributed by atoms with van der Waals surface area (Å²) < 4.78 is 2.15. The summed E-state index contributed by atoms with van der Waals surface area (Å²) in [6, 6.07) is 9.23. The minimum absolute atomic E-state index is 0.0217. The molecule has 3 aromatic rings. The van der Waals surface area contributed by atoms with Crippen LogP contribution in [0.5, 0.6) is 0 Å². The zero-order valence-corrected chi connectivity index (χ0v) is 19.9. The monoisotopic (exact) mass is 483 g/mol. The number of thiophene rings is 1. The van der Waals surface area contributed by atoms with Gasteiger partial charge in [-0.15, -0.1) is 21.5 Å². The van der Waals surface area contributed by atoms with E-state index < -0.39 is 0 Å². The third kappa shape index (κ3) is 4.68. The summed E-state index contributed by atoms with van der Waals surface area (Å²) in [5.74, 6) is 1.66. The lowest BCUT2D eigenvalue weighted by atomic mass is 9.95. The van der Waals surface area contributed by atoms with Crippen LogP contribution in [0.4, 0.5) is 5.69 Å². The Labute approximate surface area is 201 Å². The summed E-state index contributed by atoms with van der Waals surface area (Å²) >= 11 is 7.97. The van der Waals surface area contributed by atoms with Gasteiger partial charge in [0.2, 0.25) is 5.91 Å². The van der Waals surface area contributed by atoms with E-state index in [1.165, 1.54) is 17.8 Å². The van der Waals surface area contributed by atoms with E-state index in [0.717, 1.165) is 47.9 Å². The van der Waals surface area contributed by atoms with Crippen LogP contribution >= 0.6 is 22.9 Å². The number of benzene rings is 1. The molecule has 0 saturated carbocycles. The number of likely N-dealkylation sites (tertiary alicyclic amines) is 1. The number of halogens is 1. The SMILES string of the molecule is O=C(Nc1ccc(Cl)c(-c2nnc3n2CCCCC3)c1)C1CCN(C(=O)c2cccs2)CC1. The standard InChI is InChI=1S/C24H26ClN5O2S/c25-19-8-7-17(15-18(19)22-28-27-21-6-2-1-3-11-30(21)22)26-23(31)16-9-12-29(13-10-16)24(32)20-5-4-14-33-20/h4-5,7-8,14-16H,1-3,6,9-13H2,(H,26,31). The Morgan fingerprint density at radius 1 is 1.06 bits per heavy atom. The van der Waals surface area contributed by atoms with E-state index in [9.17, 15) is 9.59 Å². The first kappa shape index (κ1) is 22.1. The molecule has 0 aliphatic carbocycles. The topological polar surface area (TPSA) is 80.1 Å². The summed E-state index contributed by atoms with van der Waals surface area (Å²) in [6.07, 6.45) is 5.64. The van der Waals surface area contributed by atoms with Gasteiger partial charge in [-0.3, -0.25) is 9.59 Å². The van der Waals surface area contributed by atoms with Crippen LogP contribution in [0, 0.1) is 5.92 Å². The number of aromatic nitrogens is 3. The smallest absolute Gasteiger partial charge is 0.263 e. The predicted octanol–water partition coefficient (Wildman–Crippen LogP) is 4.88. The van der Waals surface area contributed by atoms with Crippen LogP contribution in [0.2, 0.25) is 5.02 Å². The largest absolute Gasteiger partial charge is 0.338 e. The lowest BCUT2D eigenvalue weighted by Gasteiger charge is -2.31. The Kier molecular flexibility index (Phi) is 6.46. The van der Waals surface area contributed by atoms with Crippen LogP contribution in [0.3, 0.4) is 0 Å². The first-order valence-corrected chi connectivity index (χ1v) is 12.7. The van der Waals surface area contributed by atoms with Gasteiger partial charge in [0.1, 0.15) is 5.82 Å².